The first kappa shape index (κ1) is 21.6. The molecule has 8 nitrogen and oxygen atoms in total. The lowest BCUT2D eigenvalue weighted by atomic mass is 10.1. The molecule has 3 heterocycles. The van der Waals surface area contributed by atoms with Crippen LogP contribution in [-0.4, -0.2) is 60.3 Å². The SMILES string of the molecule is CCN1CCN(c2nc(C#CC(=O)c3ccccc3)c3c4c(cccc24)OC(=O)C(=O)O3)CC1. The van der Waals surface area contributed by atoms with E-state index in [2.05, 4.69) is 28.6 Å². The summed E-state index contributed by atoms with van der Waals surface area (Å²) in [6, 6.07) is 13.8. The van der Waals surface area contributed by atoms with Crippen LogP contribution in [0.3, 0.4) is 0 Å². The summed E-state index contributed by atoms with van der Waals surface area (Å²) in [5, 5.41) is 1.11. The molecule has 0 atom stereocenters. The molecule has 1 saturated heterocycles. The number of nitrogens with zero attached hydrogens (tertiary/aromatic N) is 3. The molecular weight excluding hydrogens is 434 g/mol. The normalized spacial score (nSPS) is 15.7. The zero-order valence-corrected chi connectivity index (χ0v) is 18.5. The molecule has 0 saturated carbocycles. The molecule has 1 fully saturated rings. The number of hydrogen-bond acceptors (Lipinski definition) is 8. The highest BCUT2D eigenvalue weighted by Crippen LogP contribution is 2.42. The Morgan fingerprint density at radius 2 is 1.71 bits per heavy atom. The number of anilines is 1. The Hall–Kier alpha value is -4.22. The second-order valence-corrected chi connectivity index (χ2v) is 7.94. The van der Waals surface area contributed by atoms with E-state index >= 15 is 0 Å². The van der Waals surface area contributed by atoms with Crippen LogP contribution in [0.15, 0.2) is 48.5 Å². The van der Waals surface area contributed by atoms with E-state index in [0.717, 1.165) is 32.7 Å². The molecule has 34 heavy (non-hydrogen) atoms. The van der Waals surface area contributed by atoms with Crippen molar-refractivity contribution in [3.05, 3.63) is 59.8 Å². The predicted molar refractivity (Wildman–Crippen MR) is 125 cm³/mol. The molecule has 3 aromatic rings. The summed E-state index contributed by atoms with van der Waals surface area (Å²) in [5.74, 6) is 3.55. The first-order valence-corrected chi connectivity index (χ1v) is 11.0. The molecule has 0 N–H and O–H groups in total. The molecule has 5 rings (SSSR count). The number of hydrogen-bond donors (Lipinski definition) is 0. The summed E-state index contributed by atoms with van der Waals surface area (Å²) >= 11 is 0. The van der Waals surface area contributed by atoms with Crippen molar-refractivity contribution in [2.75, 3.05) is 37.6 Å². The highest BCUT2D eigenvalue weighted by Gasteiger charge is 2.31. The maximum Gasteiger partial charge on any atom is 0.423 e. The van der Waals surface area contributed by atoms with E-state index in [4.69, 9.17) is 14.5 Å². The first-order chi connectivity index (χ1) is 16.5. The average Bonchev–Trinajstić information content (AvgIpc) is 3.00. The van der Waals surface area contributed by atoms with Gasteiger partial charge in [-0.1, -0.05) is 49.4 Å². The minimum Gasteiger partial charge on any atom is -0.417 e. The van der Waals surface area contributed by atoms with Crippen molar-refractivity contribution in [1.82, 2.24) is 9.88 Å². The van der Waals surface area contributed by atoms with Crippen molar-refractivity contribution >= 4 is 34.3 Å². The van der Waals surface area contributed by atoms with Gasteiger partial charge in [-0.2, -0.15) is 0 Å². The van der Waals surface area contributed by atoms with Gasteiger partial charge in [-0.15, -0.1) is 0 Å². The summed E-state index contributed by atoms with van der Waals surface area (Å²) in [5.41, 5.74) is 0.539. The number of piperazine rings is 1. The lowest BCUT2D eigenvalue weighted by Gasteiger charge is -2.35. The summed E-state index contributed by atoms with van der Waals surface area (Å²) in [4.78, 5) is 46.2. The van der Waals surface area contributed by atoms with Crippen molar-refractivity contribution in [2.24, 2.45) is 0 Å². The number of ether oxygens (including phenoxy) is 2. The van der Waals surface area contributed by atoms with E-state index < -0.39 is 17.7 Å². The number of aromatic nitrogens is 1. The van der Waals surface area contributed by atoms with E-state index in [0.29, 0.717) is 22.2 Å². The van der Waals surface area contributed by atoms with Crippen molar-refractivity contribution < 1.29 is 23.9 Å². The van der Waals surface area contributed by atoms with E-state index in [1.54, 1.807) is 36.4 Å². The van der Waals surface area contributed by atoms with Gasteiger partial charge in [0.1, 0.15) is 11.6 Å². The maximum atomic E-state index is 12.6. The molecule has 0 amide bonds. The van der Waals surface area contributed by atoms with E-state index in [1.165, 1.54) is 0 Å². The fraction of sp³-hybridized carbons (Fsp3) is 0.231. The van der Waals surface area contributed by atoms with Gasteiger partial charge in [0.05, 0.1) is 5.39 Å². The minimum absolute atomic E-state index is 0.0192. The Balaban J connectivity index is 1.67. The van der Waals surface area contributed by atoms with Gasteiger partial charge < -0.3 is 19.3 Å². The smallest absolute Gasteiger partial charge is 0.417 e. The summed E-state index contributed by atoms with van der Waals surface area (Å²) in [6.45, 7) is 6.33. The fourth-order valence-corrected chi connectivity index (χ4v) is 4.13. The van der Waals surface area contributed by atoms with Crippen molar-refractivity contribution in [3.63, 3.8) is 0 Å². The highest BCUT2D eigenvalue weighted by atomic mass is 16.6. The van der Waals surface area contributed by atoms with E-state index in [1.807, 2.05) is 12.1 Å². The number of rotatable bonds is 3. The lowest BCUT2D eigenvalue weighted by Crippen LogP contribution is -2.46. The Labute approximate surface area is 196 Å². The van der Waals surface area contributed by atoms with Crippen LogP contribution in [0.5, 0.6) is 11.5 Å². The van der Waals surface area contributed by atoms with Gasteiger partial charge in [0.25, 0.3) is 0 Å². The maximum absolute atomic E-state index is 12.6. The minimum atomic E-state index is -1.17. The van der Waals surface area contributed by atoms with Gasteiger partial charge in [-0.3, -0.25) is 4.79 Å². The predicted octanol–water partition coefficient (Wildman–Crippen LogP) is 2.44. The summed E-state index contributed by atoms with van der Waals surface area (Å²) in [6.07, 6.45) is 0. The van der Waals surface area contributed by atoms with Crippen LogP contribution in [0.1, 0.15) is 23.0 Å². The number of Topliss-reactive ketones (excluding diaryl/α,β-unsaturated/α-hetero) is 1. The molecule has 0 unspecified atom stereocenters. The molecular formula is C26H21N3O5. The van der Waals surface area contributed by atoms with E-state index in [9.17, 15) is 14.4 Å². The number of likely N-dealkylation sites (N-methyl/N-ethyl adjacent to an activating group) is 1. The number of ketones is 1. The molecule has 8 heteroatoms. The Kier molecular flexibility index (Phi) is 5.70. The topological polar surface area (TPSA) is 89.0 Å². The zero-order chi connectivity index (χ0) is 23.7. The number of esters is 2. The third-order valence-corrected chi connectivity index (χ3v) is 5.94. The van der Waals surface area contributed by atoms with Crippen LogP contribution in [0.2, 0.25) is 0 Å². The molecule has 0 spiro atoms. The second kappa shape index (κ2) is 8.96. The standard InChI is InChI=1S/C26H21N3O5/c1-2-28-13-15-29(16-14-28)24-18-9-6-10-21-22(18)23(34-26(32)25(31)33-21)19(27-24)11-12-20(30)17-7-4-3-5-8-17/h3-10H,2,13-16H2,1H3. The van der Waals surface area contributed by atoms with Crippen LogP contribution in [0.25, 0.3) is 10.8 Å². The molecule has 2 aliphatic rings. The number of carbonyl (C=O) groups excluding carboxylic acids is 3. The summed E-state index contributed by atoms with van der Waals surface area (Å²) in [7, 11) is 0. The zero-order valence-electron chi connectivity index (χ0n) is 18.5. The van der Waals surface area contributed by atoms with Gasteiger partial charge in [-0.05, 0) is 24.5 Å². The van der Waals surface area contributed by atoms with Crippen LogP contribution < -0.4 is 14.4 Å². The molecule has 170 valence electrons. The molecule has 2 aromatic carbocycles. The average molecular weight is 455 g/mol. The van der Waals surface area contributed by atoms with Gasteiger partial charge in [0.2, 0.25) is 5.78 Å². The van der Waals surface area contributed by atoms with Crippen molar-refractivity contribution in [1.29, 1.82) is 0 Å². The van der Waals surface area contributed by atoms with Gasteiger partial charge in [0, 0.05) is 37.1 Å². The summed E-state index contributed by atoms with van der Waals surface area (Å²) < 4.78 is 10.7. The molecule has 0 radical (unpaired) electrons. The van der Waals surface area contributed by atoms with Crippen molar-refractivity contribution in [3.8, 4) is 23.3 Å². The third-order valence-electron chi connectivity index (χ3n) is 5.94. The van der Waals surface area contributed by atoms with Crippen LogP contribution in [0.4, 0.5) is 5.82 Å². The number of benzene rings is 2. The molecule has 0 aliphatic carbocycles. The quantitative estimate of drug-likeness (QED) is 0.196. The van der Waals surface area contributed by atoms with Gasteiger partial charge in [-0.25, -0.2) is 14.6 Å². The monoisotopic (exact) mass is 455 g/mol. The van der Waals surface area contributed by atoms with Crippen LogP contribution in [-0.2, 0) is 9.59 Å². The van der Waals surface area contributed by atoms with Gasteiger partial charge >= 0.3 is 11.9 Å². The van der Waals surface area contributed by atoms with Crippen molar-refractivity contribution in [2.45, 2.75) is 6.92 Å². The molecule has 1 aromatic heterocycles. The fourth-order valence-electron chi connectivity index (χ4n) is 4.13. The Morgan fingerprint density at radius 3 is 2.44 bits per heavy atom. The molecule has 2 aliphatic heterocycles. The van der Waals surface area contributed by atoms with Crippen LogP contribution >= 0.6 is 0 Å². The number of carbonyl (C=O) groups is 3. The second-order valence-electron chi connectivity index (χ2n) is 7.94. The first-order valence-electron chi connectivity index (χ1n) is 11.0. The van der Waals surface area contributed by atoms with Crippen LogP contribution in [0, 0.1) is 11.8 Å². The van der Waals surface area contributed by atoms with Gasteiger partial charge in [0.15, 0.2) is 11.4 Å². The molecule has 0 bridgehead atoms. The number of pyridine rings is 1. The highest BCUT2D eigenvalue weighted by molar-refractivity contribution is 6.32. The largest absolute Gasteiger partial charge is 0.423 e. The lowest BCUT2D eigenvalue weighted by molar-refractivity contribution is -0.155. The Morgan fingerprint density at radius 1 is 0.971 bits per heavy atom. The van der Waals surface area contributed by atoms with E-state index in [-0.39, 0.29) is 17.2 Å². The third kappa shape index (κ3) is 3.98. The Bertz CT molecular complexity index is 1370.